The molecule has 0 saturated heterocycles. The Hall–Kier alpha value is -6.30. The second kappa shape index (κ2) is 13.3. The number of aryl methyl sites for hydroxylation is 3. The van der Waals surface area contributed by atoms with Crippen molar-refractivity contribution in [2.75, 3.05) is 0 Å². The predicted molar refractivity (Wildman–Crippen MR) is 189 cm³/mol. The molecule has 0 N–H and O–H groups in total. The highest BCUT2D eigenvalue weighted by atomic mass is 16.5. The minimum atomic E-state index is 0.357. The van der Waals surface area contributed by atoms with Crippen LogP contribution in [-0.4, -0.2) is 48.3 Å². The third kappa shape index (κ3) is 6.81. The molecule has 12 nitrogen and oxygen atoms in total. The van der Waals surface area contributed by atoms with Gasteiger partial charge in [0.2, 0.25) is 11.8 Å². The van der Waals surface area contributed by atoms with E-state index in [4.69, 9.17) is 9.47 Å². The van der Waals surface area contributed by atoms with Gasteiger partial charge in [-0.1, -0.05) is 60.7 Å². The molecule has 12 heteroatoms. The Morgan fingerprint density at radius 3 is 1.60 bits per heavy atom. The van der Waals surface area contributed by atoms with Crippen molar-refractivity contribution in [1.82, 2.24) is 48.3 Å². The van der Waals surface area contributed by atoms with Crippen molar-refractivity contribution >= 4 is 11.3 Å². The van der Waals surface area contributed by atoms with Crippen LogP contribution in [0.1, 0.15) is 41.8 Å². The summed E-state index contributed by atoms with van der Waals surface area (Å²) in [6.07, 6.45) is 10.4. The second-order valence-corrected chi connectivity index (χ2v) is 12.4. The molecule has 6 aromatic heterocycles. The average Bonchev–Trinajstić information content (AvgIpc) is 3.41. The van der Waals surface area contributed by atoms with Crippen molar-refractivity contribution in [2.24, 2.45) is 14.1 Å². The first-order valence-electron chi connectivity index (χ1n) is 16.6. The quantitative estimate of drug-likeness (QED) is 0.170. The Labute approximate surface area is 288 Å². The number of fused-ring (bicyclic) bond motifs is 2. The number of benzene rings is 2. The topological polar surface area (TPSA) is 114 Å². The third-order valence-corrected chi connectivity index (χ3v) is 8.51. The highest BCUT2D eigenvalue weighted by molar-refractivity contribution is 5.59. The van der Waals surface area contributed by atoms with Gasteiger partial charge in [0.1, 0.15) is 24.9 Å². The highest BCUT2D eigenvalue weighted by Gasteiger charge is 2.26. The van der Waals surface area contributed by atoms with Crippen molar-refractivity contribution in [1.29, 1.82) is 0 Å². The van der Waals surface area contributed by atoms with E-state index >= 15 is 0 Å². The molecule has 0 atom stereocenters. The molecule has 9 rings (SSSR count). The summed E-state index contributed by atoms with van der Waals surface area (Å²) in [6.45, 7) is 2.66. The minimum Gasteiger partial charge on any atom is -0.468 e. The van der Waals surface area contributed by atoms with Crippen molar-refractivity contribution in [3.63, 3.8) is 0 Å². The van der Waals surface area contributed by atoms with E-state index in [9.17, 15) is 0 Å². The van der Waals surface area contributed by atoms with Crippen LogP contribution in [0.5, 0.6) is 11.8 Å². The molecule has 1 fully saturated rings. The van der Waals surface area contributed by atoms with Crippen molar-refractivity contribution < 1.29 is 9.47 Å². The van der Waals surface area contributed by atoms with Gasteiger partial charge in [-0.25, -0.2) is 29.0 Å². The Morgan fingerprint density at radius 2 is 1.08 bits per heavy atom. The molecule has 8 aromatic rings. The molecular formula is C38H36N10O2. The van der Waals surface area contributed by atoms with Crippen molar-refractivity contribution in [2.45, 2.75) is 38.9 Å². The molecule has 0 aliphatic heterocycles. The molecule has 6 heterocycles. The van der Waals surface area contributed by atoms with Gasteiger partial charge in [0.15, 0.2) is 11.3 Å². The fourth-order valence-electron chi connectivity index (χ4n) is 5.65. The van der Waals surface area contributed by atoms with E-state index in [2.05, 4.69) is 42.3 Å². The molecule has 0 spiro atoms. The first-order chi connectivity index (χ1) is 24.4. The summed E-state index contributed by atoms with van der Waals surface area (Å²) in [5, 5.41) is 8.91. The number of nitrogens with zero attached hydrogens (tertiary/aromatic N) is 10. The van der Waals surface area contributed by atoms with E-state index in [1.165, 1.54) is 12.8 Å². The first-order valence-corrected chi connectivity index (χ1v) is 16.6. The van der Waals surface area contributed by atoms with Crippen LogP contribution in [0.3, 0.4) is 0 Å². The number of ether oxygens (including phenoxy) is 2. The van der Waals surface area contributed by atoms with Crippen LogP contribution in [0.15, 0.2) is 110 Å². The Balaban J connectivity index is 0.000000145. The van der Waals surface area contributed by atoms with Gasteiger partial charge in [-0.3, -0.25) is 0 Å². The highest BCUT2D eigenvalue weighted by Crippen LogP contribution is 2.39. The summed E-state index contributed by atoms with van der Waals surface area (Å²) in [6, 6.07) is 27.8. The fourth-order valence-corrected chi connectivity index (χ4v) is 5.65. The van der Waals surface area contributed by atoms with Crippen LogP contribution in [0.2, 0.25) is 0 Å². The van der Waals surface area contributed by atoms with Crippen molar-refractivity contribution in [3.8, 4) is 34.3 Å². The SMILES string of the molecule is Cc1cn2nc(OCc3nc(-c4ccccc4)cn3C)ccc2n1.Cn1cc(-c2ccccc2)nc1COc1ccc2nc(C3CC3)cn2n1. The zero-order valence-corrected chi connectivity index (χ0v) is 28.1. The molecule has 250 valence electrons. The summed E-state index contributed by atoms with van der Waals surface area (Å²) < 4.78 is 19.2. The smallest absolute Gasteiger partial charge is 0.232 e. The van der Waals surface area contributed by atoms with Crippen LogP contribution in [0, 0.1) is 6.92 Å². The number of imidazole rings is 4. The van der Waals surface area contributed by atoms with E-state index in [0.29, 0.717) is 30.9 Å². The van der Waals surface area contributed by atoms with E-state index < -0.39 is 0 Å². The maximum absolute atomic E-state index is 5.87. The summed E-state index contributed by atoms with van der Waals surface area (Å²) in [7, 11) is 3.94. The van der Waals surface area contributed by atoms with Crippen LogP contribution in [0.4, 0.5) is 0 Å². The Morgan fingerprint density at radius 1 is 0.580 bits per heavy atom. The predicted octanol–water partition coefficient (Wildman–Crippen LogP) is 6.60. The van der Waals surface area contributed by atoms with Crippen molar-refractivity contribution in [3.05, 3.63) is 133 Å². The lowest BCUT2D eigenvalue weighted by Crippen LogP contribution is -2.05. The largest absolute Gasteiger partial charge is 0.468 e. The maximum Gasteiger partial charge on any atom is 0.232 e. The number of aromatic nitrogens is 10. The van der Waals surface area contributed by atoms with Crippen LogP contribution in [0.25, 0.3) is 33.8 Å². The van der Waals surface area contributed by atoms with E-state index in [0.717, 1.165) is 56.8 Å². The number of rotatable bonds is 9. The molecule has 1 aliphatic carbocycles. The Bertz CT molecular complexity index is 2390. The molecule has 50 heavy (non-hydrogen) atoms. The monoisotopic (exact) mass is 664 g/mol. The van der Waals surface area contributed by atoms with Gasteiger partial charge in [-0.05, 0) is 31.9 Å². The van der Waals surface area contributed by atoms with E-state index in [1.807, 2.05) is 128 Å². The van der Waals surface area contributed by atoms with Crippen LogP contribution < -0.4 is 9.47 Å². The normalized spacial score (nSPS) is 12.6. The van der Waals surface area contributed by atoms with Crippen LogP contribution in [-0.2, 0) is 27.3 Å². The lowest BCUT2D eigenvalue weighted by atomic mass is 10.2. The standard InChI is InChI=1S/C20H19N5O.C18H17N5O/c1-24-11-16(14-5-3-2-4-6-14)22-19(24)13-26-20-10-9-18-21-17(15-7-8-15)12-25(18)23-20;1-13-10-23-16(19-13)8-9-18(21-23)24-12-17-20-15(11-22(17)2)14-6-4-3-5-7-14/h2-6,9-12,15H,7-8,13H2,1H3;3-11H,12H2,1-2H3. The zero-order valence-electron chi connectivity index (χ0n) is 28.1. The van der Waals surface area contributed by atoms with Gasteiger partial charge in [-0.2, -0.15) is 0 Å². The minimum absolute atomic E-state index is 0.357. The fraction of sp³-hybridized carbons (Fsp3) is 0.211. The summed E-state index contributed by atoms with van der Waals surface area (Å²) >= 11 is 0. The van der Waals surface area contributed by atoms with Gasteiger partial charge in [0.05, 0.1) is 35.2 Å². The molecule has 0 unspecified atom stereocenters. The number of hydrogen-bond acceptors (Lipinski definition) is 8. The second-order valence-electron chi connectivity index (χ2n) is 12.4. The summed E-state index contributed by atoms with van der Waals surface area (Å²) in [4.78, 5) is 18.3. The van der Waals surface area contributed by atoms with Gasteiger partial charge in [0.25, 0.3) is 0 Å². The van der Waals surface area contributed by atoms with Gasteiger partial charge in [0, 0.05) is 55.7 Å². The molecule has 1 aliphatic rings. The van der Waals surface area contributed by atoms with Gasteiger partial charge < -0.3 is 18.6 Å². The maximum atomic E-state index is 5.87. The van der Waals surface area contributed by atoms with Gasteiger partial charge in [-0.15, -0.1) is 10.2 Å². The molecule has 0 radical (unpaired) electrons. The van der Waals surface area contributed by atoms with E-state index in [-0.39, 0.29) is 0 Å². The molecule has 0 amide bonds. The average molecular weight is 665 g/mol. The van der Waals surface area contributed by atoms with Crippen LogP contribution >= 0.6 is 0 Å². The Kier molecular flexibility index (Phi) is 8.25. The van der Waals surface area contributed by atoms with Gasteiger partial charge >= 0.3 is 0 Å². The zero-order chi connectivity index (χ0) is 34.0. The first kappa shape index (κ1) is 31.0. The molecule has 1 saturated carbocycles. The third-order valence-electron chi connectivity index (χ3n) is 8.51. The molecule has 0 bridgehead atoms. The van der Waals surface area contributed by atoms with E-state index in [1.54, 1.807) is 9.03 Å². The molecular weight excluding hydrogens is 628 g/mol. The summed E-state index contributed by atoms with van der Waals surface area (Å²) in [5.74, 6) is 3.43. The number of hydrogen-bond donors (Lipinski definition) is 0. The lowest BCUT2D eigenvalue weighted by molar-refractivity contribution is 0.276. The summed E-state index contributed by atoms with van der Waals surface area (Å²) in [5.41, 5.74) is 7.80. The molecule has 2 aromatic carbocycles. The lowest BCUT2D eigenvalue weighted by Gasteiger charge is -2.05.